The molecule has 16 heavy (non-hydrogen) atoms. The average molecular weight is 220 g/mol. The van der Waals surface area contributed by atoms with Gasteiger partial charge in [0.25, 0.3) is 0 Å². The van der Waals surface area contributed by atoms with E-state index in [1.54, 1.807) is 0 Å². The van der Waals surface area contributed by atoms with Crippen molar-refractivity contribution in [2.24, 2.45) is 0 Å². The molecule has 0 spiro atoms. The van der Waals surface area contributed by atoms with E-state index in [0.717, 1.165) is 13.0 Å². The maximum absolute atomic E-state index is 3.48. The molecule has 2 nitrogen and oxygen atoms in total. The minimum Gasteiger partial charge on any atom is -0.383 e. The molecule has 0 atom stereocenters. The van der Waals surface area contributed by atoms with Gasteiger partial charge in [-0.3, -0.25) is 0 Å². The number of benzene rings is 1. The molecule has 0 saturated heterocycles. The predicted octanol–water partition coefficient (Wildman–Crippen LogP) is 3.05. The summed E-state index contributed by atoms with van der Waals surface area (Å²) in [5.74, 6) is 0. The zero-order chi connectivity index (χ0) is 12.0. The highest BCUT2D eigenvalue weighted by Crippen LogP contribution is 2.16. The topological polar surface area (TPSA) is 24.1 Å². The number of hydrogen-bond acceptors (Lipinski definition) is 2. The van der Waals surface area contributed by atoms with Gasteiger partial charge in [-0.2, -0.15) is 0 Å². The lowest BCUT2D eigenvalue weighted by atomic mass is 10.1. The van der Waals surface area contributed by atoms with Crippen LogP contribution in [-0.4, -0.2) is 18.6 Å². The van der Waals surface area contributed by atoms with Crippen LogP contribution in [0.15, 0.2) is 24.3 Å². The number of nitrogens with one attached hydrogen (secondary N) is 2. The van der Waals surface area contributed by atoms with E-state index in [4.69, 9.17) is 0 Å². The van der Waals surface area contributed by atoms with Crippen LogP contribution in [0.3, 0.4) is 0 Å². The Morgan fingerprint density at radius 1 is 1.00 bits per heavy atom. The molecule has 0 bridgehead atoms. The molecule has 90 valence electrons. The largest absolute Gasteiger partial charge is 0.383 e. The Hall–Kier alpha value is -1.02. The summed E-state index contributed by atoms with van der Waals surface area (Å²) < 4.78 is 0. The molecule has 1 rings (SSSR count). The summed E-state index contributed by atoms with van der Waals surface area (Å²) in [7, 11) is 0. The van der Waals surface area contributed by atoms with Gasteiger partial charge in [-0.1, -0.05) is 32.0 Å². The first-order valence-corrected chi connectivity index (χ1v) is 6.17. The molecule has 0 saturated carbocycles. The van der Waals surface area contributed by atoms with E-state index < -0.39 is 0 Å². The van der Waals surface area contributed by atoms with Crippen LogP contribution in [-0.2, 0) is 6.42 Å². The van der Waals surface area contributed by atoms with Gasteiger partial charge in [-0.25, -0.2) is 0 Å². The van der Waals surface area contributed by atoms with E-state index in [0.29, 0.717) is 12.1 Å². The van der Waals surface area contributed by atoms with Crippen molar-refractivity contribution >= 4 is 5.69 Å². The first-order valence-electron chi connectivity index (χ1n) is 6.17. The van der Waals surface area contributed by atoms with E-state index in [2.05, 4.69) is 62.6 Å². The van der Waals surface area contributed by atoms with Gasteiger partial charge >= 0.3 is 0 Å². The van der Waals surface area contributed by atoms with Crippen molar-refractivity contribution in [3.8, 4) is 0 Å². The predicted molar refractivity (Wildman–Crippen MR) is 72.0 cm³/mol. The lowest BCUT2D eigenvalue weighted by molar-refractivity contribution is 0.590. The summed E-state index contributed by atoms with van der Waals surface area (Å²) in [6.07, 6.45) is 1.08. The highest BCUT2D eigenvalue weighted by Gasteiger charge is 2.02. The zero-order valence-corrected chi connectivity index (χ0v) is 10.9. The van der Waals surface area contributed by atoms with Gasteiger partial charge in [0.15, 0.2) is 0 Å². The fourth-order valence-corrected chi connectivity index (χ4v) is 1.69. The van der Waals surface area contributed by atoms with E-state index >= 15 is 0 Å². The molecule has 0 unspecified atom stereocenters. The normalized spacial score (nSPS) is 11.1. The molecule has 0 aliphatic heterocycles. The van der Waals surface area contributed by atoms with Gasteiger partial charge in [0.05, 0.1) is 0 Å². The van der Waals surface area contributed by atoms with Crippen LogP contribution >= 0.6 is 0 Å². The van der Waals surface area contributed by atoms with Gasteiger partial charge in [-0.05, 0) is 38.4 Å². The minimum atomic E-state index is 0.485. The molecule has 2 heteroatoms. The number of hydrogen-bond donors (Lipinski definition) is 2. The van der Waals surface area contributed by atoms with Crippen molar-refractivity contribution < 1.29 is 0 Å². The third kappa shape index (κ3) is 4.67. The van der Waals surface area contributed by atoms with Gasteiger partial charge in [0, 0.05) is 17.8 Å². The summed E-state index contributed by atoms with van der Waals surface area (Å²) in [6, 6.07) is 9.60. The van der Waals surface area contributed by atoms with Crippen molar-refractivity contribution in [2.75, 3.05) is 11.9 Å². The molecular formula is C14H24N2. The highest BCUT2D eigenvalue weighted by atomic mass is 14.9. The fourth-order valence-electron chi connectivity index (χ4n) is 1.69. The van der Waals surface area contributed by atoms with Crippen molar-refractivity contribution in [3.05, 3.63) is 29.8 Å². The second-order valence-corrected chi connectivity index (χ2v) is 4.82. The fraction of sp³-hybridized carbons (Fsp3) is 0.571. The van der Waals surface area contributed by atoms with E-state index in [9.17, 15) is 0 Å². The van der Waals surface area contributed by atoms with E-state index in [1.165, 1.54) is 11.3 Å². The van der Waals surface area contributed by atoms with Gasteiger partial charge in [0.2, 0.25) is 0 Å². The molecule has 0 aromatic heterocycles. The highest BCUT2D eigenvalue weighted by molar-refractivity contribution is 5.51. The Bertz CT molecular complexity index is 305. The Kier molecular flexibility index (Phi) is 5.33. The Balaban J connectivity index is 2.56. The lowest BCUT2D eigenvalue weighted by Gasteiger charge is -2.15. The van der Waals surface area contributed by atoms with Crippen LogP contribution in [0.1, 0.15) is 33.3 Å². The van der Waals surface area contributed by atoms with E-state index in [-0.39, 0.29) is 0 Å². The molecule has 1 aromatic rings. The second kappa shape index (κ2) is 6.54. The molecule has 0 radical (unpaired) electrons. The number of para-hydroxylation sites is 1. The van der Waals surface area contributed by atoms with Gasteiger partial charge < -0.3 is 10.6 Å². The molecule has 0 aliphatic rings. The Morgan fingerprint density at radius 3 is 2.31 bits per heavy atom. The Labute approximate surface area is 99.5 Å². The number of anilines is 1. The summed E-state index contributed by atoms with van der Waals surface area (Å²) in [6.45, 7) is 9.73. The molecule has 0 fully saturated rings. The third-order valence-corrected chi connectivity index (χ3v) is 2.41. The average Bonchev–Trinajstić information content (AvgIpc) is 2.19. The quantitative estimate of drug-likeness (QED) is 0.770. The first kappa shape index (κ1) is 13.0. The van der Waals surface area contributed by atoms with Crippen LogP contribution in [0.2, 0.25) is 0 Å². The third-order valence-electron chi connectivity index (χ3n) is 2.41. The zero-order valence-electron chi connectivity index (χ0n) is 10.9. The summed E-state index contributed by atoms with van der Waals surface area (Å²) in [5.41, 5.74) is 2.66. The molecule has 2 N–H and O–H groups in total. The van der Waals surface area contributed by atoms with Crippen LogP contribution in [0.4, 0.5) is 5.69 Å². The standard InChI is InChI=1S/C14H24N2/c1-11(2)15-10-9-13-7-5-6-8-14(13)16-12(3)4/h5-8,11-12,15-16H,9-10H2,1-4H3. The summed E-state index contributed by atoms with van der Waals surface area (Å²) in [5, 5.41) is 6.93. The van der Waals surface area contributed by atoms with Crippen LogP contribution in [0.25, 0.3) is 0 Å². The molecule has 0 aliphatic carbocycles. The van der Waals surface area contributed by atoms with Gasteiger partial charge in [-0.15, -0.1) is 0 Å². The minimum absolute atomic E-state index is 0.485. The SMILES string of the molecule is CC(C)NCCc1ccccc1NC(C)C. The van der Waals surface area contributed by atoms with Gasteiger partial charge in [0.1, 0.15) is 0 Å². The summed E-state index contributed by atoms with van der Waals surface area (Å²) >= 11 is 0. The van der Waals surface area contributed by atoms with Crippen molar-refractivity contribution in [1.29, 1.82) is 0 Å². The van der Waals surface area contributed by atoms with Crippen molar-refractivity contribution in [1.82, 2.24) is 5.32 Å². The monoisotopic (exact) mass is 220 g/mol. The second-order valence-electron chi connectivity index (χ2n) is 4.82. The van der Waals surface area contributed by atoms with Crippen molar-refractivity contribution in [3.63, 3.8) is 0 Å². The molecular weight excluding hydrogens is 196 g/mol. The lowest BCUT2D eigenvalue weighted by Crippen LogP contribution is -2.25. The number of rotatable bonds is 6. The van der Waals surface area contributed by atoms with Crippen LogP contribution < -0.4 is 10.6 Å². The smallest absolute Gasteiger partial charge is 0.0375 e. The van der Waals surface area contributed by atoms with Crippen molar-refractivity contribution in [2.45, 2.75) is 46.2 Å². The van der Waals surface area contributed by atoms with Crippen LogP contribution in [0.5, 0.6) is 0 Å². The molecule has 1 aromatic carbocycles. The molecule has 0 heterocycles. The first-order chi connectivity index (χ1) is 7.59. The molecule has 0 amide bonds. The maximum atomic E-state index is 3.48. The maximum Gasteiger partial charge on any atom is 0.0375 e. The summed E-state index contributed by atoms with van der Waals surface area (Å²) in [4.78, 5) is 0. The van der Waals surface area contributed by atoms with Crippen LogP contribution in [0, 0.1) is 0 Å². The Morgan fingerprint density at radius 2 is 1.69 bits per heavy atom. The van der Waals surface area contributed by atoms with E-state index in [1.807, 2.05) is 0 Å².